The first kappa shape index (κ1) is 12.8. The maximum absolute atomic E-state index is 12.7. The fraction of sp³-hybridized carbons (Fsp3) is 0.111. The summed E-state index contributed by atoms with van der Waals surface area (Å²) in [7, 11) is 3.77. The molecule has 0 radical (unpaired) electrons. The molecule has 2 aromatic rings. The summed E-state index contributed by atoms with van der Waals surface area (Å²) in [6.45, 7) is 0. The molecular weight excluding hydrogens is 276 g/mol. The highest BCUT2D eigenvalue weighted by Gasteiger charge is 2.40. The van der Waals surface area contributed by atoms with Crippen LogP contribution in [0, 0.1) is 0 Å². The molecule has 1 aliphatic heterocycles. The Bertz CT molecular complexity index is 799. The van der Waals surface area contributed by atoms with E-state index >= 15 is 0 Å². The number of carbonyl (C=O) groups is 2. The molecule has 0 N–H and O–H groups in total. The summed E-state index contributed by atoms with van der Waals surface area (Å²) < 4.78 is 0. The standard InChI is InChI=1S/C18H14N2O2/c1-19-13-9-5-6-10-14(13)20(2)18(19)15-16(21)11-7-3-4-8-12(11)17(15)22/h3-10H,1-2H3. The summed E-state index contributed by atoms with van der Waals surface area (Å²) >= 11 is 0. The van der Waals surface area contributed by atoms with Crippen molar-refractivity contribution in [3.05, 3.63) is 71.1 Å². The van der Waals surface area contributed by atoms with E-state index in [9.17, 15) is 9.59 Å². The summed E-state index contributed by atoms with van der Waals surface area (Å²) in [5, 5.41) is 0. The van der Waals surface area contributed by atoms with E-state index in [4.69, 9.17) is 0 Å². The monoisotopic (exact) mass is 290 g/mol. The normalized spacial score (nSPS) is 16.5. The van der Waals surface area contributed by atoms with E-state index in [0.717, 1.165) is 11.4 Å². The van der Waals surface area contributed by atoms with Crippen LogP contribution in [-0.4, -0.2) is 25.7 Å². The van der Waals surface area contributed by atoms with Crippen molar-refractivity contribution in [3.63, 3.8) is 0 Å². The van der Waals surface area contributed by atoms with Gasteiger partial charge in [0.2, 0.25) is 11.6 Å². The molecule has 0 fully saturated rings. The largest absolute Gasteiger partial charge is 0.328 e. The molecule has 0 atom stereocenters. The van der Waals surface area contributed by atoms with Gasteiger partial charge in [-0.3, -0.25) is 9.59 Å². The maximum atomic E-state index is 12.7. The summed E-state index contributed by atoms with van der Waals surface area (Å²) in [6.07, 6.45) is 0. The summed E-state index contributed by atoms with van der Waals surface area (Å²) in [5.41, 5.74) is 3.22. The van der Waals surface area contributed by atoms with Crippen LogP contribution in [-0.2, 0) is 0 Å². The lowest BCUT2D eigenvalue weighted by atomic mass is 10.1. The van der Waals surface area contributed by atoms with Crippen LogP contribution in [0.2, 0.25) is 0 Å². The Morgan fingerprint density at radius 2 is 1.09 bits per heavy atom. The third-order valence-corrected chi connectivity index (χ3v) is 4.33. The van der Waals surface area contributed by atoms with Crippen LogP contribution >= 0.6 is 0 Å². The van der Waals surface area contributed by atoms with E-state index in [-0.39, 0.29) is 17.1 Å². The van der Waals surface area contributed by atoms with Gasteiger partial charge in [0.15, 0.2) is 0 Å². The van der Waals surface area contributed by atoms with Crippen LogP contribution < -0.4 is 9.80 Å². The zero-order valence-corrected chi connectivity index (χ0v) is 12.3. The van der Waals surface area contributed by atoms with Gasteiger partial charge in [0.05, 0.1) is 11.4 Å². The number of anilines is 2. The number of Topliss-reactive ketones (excluding diaryl/α,β-unsaturated/α-hetero) is 2. The molecule has 4 rings (SSSR count). The Balaban J connectivity index is 1.95. The molecule has 0 aromatic heterocycles. The second kappa shape index (κ2) is 4.31. The number of rotatable bonds is 0. The lowest BCUT2D eigenvalue weighted by Gasteiger charge is -2.20. The number of fused-ring (bicyclic) bond motifs is 2. The van der Waals surface area contributed by atoms with Gasteiger partial charge in [-0.1, -0.05) is 36.4 Å². The number of nitrogens with zero attached hydrogens (tertiary/aromatic N) is 2. The average molecular weight is 290 g/mol. The predicted octanol–water partition coefficient (Wildman–Crippen LogP) is 2.86. The molecule has 1 heterocycles. The third kappa shape index (κ3) is 1.46. The minimum Gasteiger partial charge on any atom is -0.328 e. The number of benzene rings is 2. The van der Waals surface area contributed by atoms with E-state index in [1.807, 2.05) is 48.2 Å². The van der Waals surface area contributed by atoms with E-state index < -0.39 is 0 Å². The molecule has 0 bridgehead atoms. The van der Waals surface area contributed by atoms with E-state index in [0.29, 0.717) is 16.9 Å². The van der Waals surface area contributed by atoms with Crippen molar-refractivity contribution in [3.8, 4) is 0 Å². The Hall–Kier alpha value is -2.88. The summed E-state index contributed by atoms with van der Waals surface area (Å²) in [4.78, 5) is 29.2. The fourth-order valence-corrected chi connectivity index (χ4v) is 3.27. The van der Waals surface area contributed by atoms with Gasteiger partial charge in [0.1, 0.15) is 11.4 Å². The van der Waals surface area contributed by atoms with Gasteiger partial charge >= 0.3 is 0 Å². The van der Waals surface area contributed by atoms with Gasteiger partial charge in [-0.2, -0.15) is 0 Å². The van der Waals surface area contributed by atoms with Crippen molar-refractivity contribution in [1.82, 2.24) is 0 Å². The van der Waals surface area contributed by atoms with Crippen molar-refractivity contribution < 1.29 is 9.59 Å². The fourth-order valence-electron chi connectivity index (χ4n) is 3.27. The summed E-state index contributed by atoms with van der Waals surface area (Å²) in [6, 6.07) is 14.9. The Morgan fingerprint density at radius 1 is 0.682 bits per heavy atom. The first-order valence-electron chi connectivity index (χ1n) is 7.10. The molecule has 2 aliphatic rings. The molecule has 4 nitrogen and oxygen atoms in total. The highest BCUT2D eigenvalue weighted by atomic mass is 16.2. The SMILES string of the molecule is CN1C(=C2C(=O)c3ccccc3C2=O)N(C)c2ccccc21. The van der Waals surface area contributed by atoms with E-state index in [1.165, 1.54) is 0 Å². The van der Waals surface area contributed by atoms with Crippen LogP contribution in [0.15, 0.2) is 59.9 Å². The molecule has 2 aromatic carbocycles. The summed E-state index contributed by atoms with van der Waals surface area (Å²) in [5.74, 6) is 0.261. The molecule has 0 saturated carbocycles. The first-order valence-corrected chi connectivity index (χ1v) is 7.10. The predicted molar refractivity (Wildman–Crippen MR) is 85.4 cm³/mol. The van der Waals surface area contributed by atoms with Gasteiger partial charge in [-0.25, -0.2) is 0 Å². The second-order valence-corrected chi connectivity index (χ2v) is 5.51. The minimum absolute atomic E-state index is 0.192. The van der Waals surface area contributed by atoms with Crippen LogP contribution in [0.5, 0.6) is 0 Å². The highest BCUT2D eigenvalue weighted by molar-refractivity contribution is 6.40. The number of hydrogen-bond acceptors (Lipinski definition) is 4. The second-order valence-electron chi connectivity index (χ2n) is 5.51. The minimum atomic E-state index is -0.192. The van der Waals surface area contributed by atoms with Crippen molar-refractivity contribution in [1.29, 1.82) is 0 Å². The molecule has 0 unspecified atom stereocenters. The van der Waals surface area contributed by atoms with E-state index in [2.05, 4.69) is 0 Å². The lowest BCUT2D eigenvalue weighted by molar-refractivity contribution is 0.0986. The smallest absolute Gasteiger partial charge is 0.201 e. The zero-order valence-electron chi connectivity index (χ0n) is 12.3. The van der Waals surface area contributed by atoms with E-state index in [1.54, 1.807) is 24.3 Å². The molecule has 0 spiro atoms. The molecule has 22 heavy (non-hydrogen) atoms. The Kier molecular flexibility index (Phi) is 2.51. The van der Waals surface area contributed by atoms with Gasteiger partial charge < -0.3 is 9.80 Å². The molecule has 108 valence electrons. The highest BCUT2D eigenvalue weighted by Crippen LogP contribution is 2.42. The number of allylic oxidation sites excluding steroid dienone is 1. The molecule has 4 heteroatoms. The van der Waals surface area contributed by atoms with Crippen LogP contribution in [0.1, 0.15) is 20.7 Å². The van der Waals surface area contributed by atoms with Gasteiger partial charge in [-0.05, 0) is 12.1 Å². The van der Waals surface area contributed by atoms with Crippen LogP contribution in [0.4, 0.5) is 11.4 Å². The van der Waals surface area contributed by atoms with Crippen molar-refractivity contribution in [2.45, 2.75) is 0 Å². The number of hydrogen-bond donors (Lipinski definition) is 0. The maximum Gasteiger partial charge on any atom is 0.201 e. The Morgan fingerprint density at radius 3 is 1.55 bits per heavy atom. The van der Waals surface area contributed by atoms with Crippen molar-refractivity contribution in [2.75, 3.05) is 23.9 Å². The topological polar surface area (TPSA) is 40.6 Å². The quantitative estimate of drug-likeness (QED) is 0.552. The third-order valence-electron chi connectivity index (χ3n) is 4.33. The number of carbonyl (C=O) groups excluding carboxylic acids is 2. The molecule has 0 saturated heterocycles. The van der Waals surface area contributed by atoms with Gasteiger partial charge in [-0.15, -0.1) is 0 Å². The first-order chi connectivity index (χ1) is 10.6. The number of para-hydroxylation sites is 2. The molecule has 0 amide bonds. The zero-order chi connectivity index (χ0) is 15.4. The van der Waals surface area contributed by atoms with Crippen LogP contribution in [0.3, 0.4) is 0 Å². The van der Waals surface area contributed by atoms with Crippen LogP contribution in [0.25, 0.3) is 0 Å². The molecular formula is C18H14N2O2. The van der Waals surface area contributed by atoms with Gasteiger partial charge in [0, 0.05) is 25.2 Å². The average Bonchev–Trinajstić information content (AvgIpc) is 2.94. The van der Waals surface area contributed by atoms with Crippen molar-refractivity contribution in [2.24, 2.45) is 0 Å². The lowest BCUT2D eigenvalue weighted by Crippen LogP contribution is -2.27. The Labute approximate surface area is 128 Å². The molecule has 1 aliphatic carbocycles. The van der Waals surface area contributed by atoms with Crippen molar-refractivity contribution >= 4 is 22.9 Å². The van der Waals surface area contributed by atoms with Gasteiger partial charge in [0.25, 0.3) is 0 Å². The number of ketones is 2.